The van der Waals surface area contributed by atoms with Gasteiger partial charge in [0.25, 0.3) is 0 Å². The number of nitrogens with one attached hydrogen (secondary N) is 2. The molecule has 7 nitrogen and oxygen atoms in total. The average Bonchev–Trinajstić information content (AvgIpc) is 2.74. The van der Waals surface area contributed by atoms with Gasteiger partial charge >= 0.3 is 6.09 Å². The monoisotopic (exact) mass is 537 g/mol. The molecule has 0 saturated heterocycles. The molecule has 0 bridgehead atoms. The van der Waals surface area contributed by atoms with Crippen LogP contribution in [0, 0.1) is 13.8 Å². The predicted octanol–water partition coefficient (Wildman–Crippen LogP) is 6.02. The third kappa shape index (κ3) is 9.72. The summed E-state index contributed by atoms with van der Waals surface area (Å²) in [5.41, 5.74) is 1.57. The van der Waals surface area contributed by atoms with Gasteiger partial charge in [0, 0.05) is 17.5 Å². The Morgan fingerprint density at radius 2 is 1.46 bits per heavy atom. The first-order chi connectivity index (χ1) is 17.8. The normalized spacial score (nSPS) is 13.7. The van der Waals surface area contributed by atoms with Gasteiger partial charge < -0.3 is 20.3 Å². The van der Waals surface area contributed by atoms with E-state index >= 15 is 0 Å². The zero-order chi connectivity index (χ0) is 29.8. The van der Waals surface area contributed by atoms with Crippen LogP contribution in [0.1, 0.15) is 90.6 Å². The van der Waals surface area contributed by atoms with Gasteiger partial charge in [-0.25, -0.2) is 4.79 Å². The number of amides is 3. The van der Waals surface area contributed by atoms with Crippen molar-refractivity contribution in [1.82, 2.24) is 15.5 Å². The van der Waals surface area contributed by atoms with E-state index in [0.717, 1.165) is 22.3 Å². The van der Waals surface area contributed by atoms with E-state index in [9.17, 15) is 14.4 Å². The maximum absolute atomic E-state index is 14.5. The summed E-state index contributed by atoms with van der Waals surface area (Å²) >= 11 is 0. The first-order valence-electron chi connectivity index (χ1n) is 13.5. The van der Waals surface area contributed by atoms with Crippen LogP contribution in [0.4, 0.5) is 4.79 Å². The van der Waals surface area contributed by atoms with Gasteiger partial charge in [-0.05, 0) is 92.9 Å². The number of nitrogens with zero attached hydrogens (tertiary/aromatic N) is 1. The molecule has 2 atom stereocenters. The van der Waals surface area contributed by atoms with E-state index in [4.69, 9.17) is 4.74 Å². The highest BCUT2D eigenvalue weighted by Gasteiger charge is 2.43. The number of hydrogen-bond donors (Lipinski definition) is 2. The molecule has 214 valence electrons. The van der Waals surface area contributed by atoms with Crippen LogP contribution in [-0.4, -0.2) is 45.5 Å². The van der Waals surface area contributed by atoms with Crippen molar-refractivity contribution in [3.8, 4) is 0 Å². The highest BCUT2D eigenvalue weighted by Crippen LogP contribution is 2.33. The number of aryl methyl sites for hydroxylation is 2. The minimum Gasteiger partial charge on any atom is -0.444 e. The van der Waals surface area contributed by atoms with E-state index in [-0.39, 0.29) is 18.2 Å². The lowest BCUT2D eigenvalue weighted by Gasteiger charge is -2.44. The van der Waals surface area contributed by atoms with Crippen molar-refractivity contribution in [2.24, 2.45) is 0 Å². The topological polar surface area (TPSA) is 87.7 Å². The quantitative estimate of drug-likeness (QED) is 0.452. The Morgan fingerprint density at radius 1 is 0.872 bits per heavy atom. The number of benzene rings is 2. The van der Waals surface area contributed by atoms with E-state index in [1.165, 1.54) is 0 Å². The molecule has 39 heavy (non-hydrogen) atoms. The average molecular weight is 538 g/mol. The fourth-order valence-electron chi connectivity index (χ4n) is 4.48. The van der Waals surface area contributed by atoms with Crippen molar-refractivity contribution in [2.45, 2.75) is 111 Å². The minimum atomic E-state index is -0.961. The summed E-state index contributed by atoms with van der Waals surface area (Å²) in [6, 6.07) is 13.5. The summed E-state index contributed by atoms with van der Waals surface area (Å²) in [5, 5.41) is 5.89. The zero-order valence-corrected chi connectivity index (χ0v) is 25.6. The first-order valence-corrected chi connectivity index (χ1v) is 13.5. The fraction of sp³-hybridized carbons (Fsp3) is 0.531. The van der Waals surface area contributed by atoms with E-state index < -0.39 is 34.9 Å². The Balaban J connectivity index is 2.67. The molecule has 0 aliphatic carbocycles. The molecule has 0 heterocycles. The molecule has 3 amide bonds. The second kappa shape index (κ2) is 12.2. The van der Waals surface area contributed by atoms with Gasteiger partial charge in [0.15, 0.2) is 0 Å². The van der Waals surface area contributed by atoms with Crippen molar-refractivity contribution in [2.75, 3.05) is 0 Å². The largest absolute Gasteiger partial charge is 0.444 e. The molecular formula is C32H47N3O4. The summed E-state index contributed by atoms with van der Waals surface area (Å²) in [6.45, 7) is 20.7. The molecule has 2 unspecified atom stereocenters. The Morgan fingerprint density at radius 3 is 1.95 bits per heavy atom. The van der Waals surface area contributed by atoms with Crippen LogP contribution in [0.25, 0.3) is 0 Å². The number of alkyl carbamates (subject to hydrolysis) is 1. The number of carbonyl (C=O) groups is 3. The smallest absolute Gasteiger partial charge is 0.408 e. The maximum Gasteiger partial charge on any atom is 0.408 e. The molecule has 2 N–H and O–H groups in total. The highest BCUT2D eigenvalue weighted by atomic mass is 16.6. The second-order valence-electron chi connectivity index (χ2n) is 13.3. The molecule has 7 heteroatoms. The third-order valence-corrected chi connectivity index (χ3v) is 5.96. The van der Waals surface area contributed by atoms with Crippen molar-refractivity contribution in [3.05, 3.63) is 70.8 Å². The lowest BCUT2D eigenvalue weighted by Crippen LogP contribution is -2.60. The summed E-state index contributed by atoms with van der Waals surface area (Å²) in [4.78, 5) is 43.0. The number of hydrogen-bond acceptors (Lipinski definition) is 4. The molecule has 0 radical (unpaired) electrons. The van der Waals surface area contributed by atoms with Gasteiger partial charge in [0.2, 0.25) is 11.8 Å². The van der Waals surface area contributed by atoms with Crippen molar-refractivity contribution in [1.29, 1.82) is 0 Å². The lowest BCUT2D eigenvalue weighted by atomic mass is 9.91. The lowest BCUT2D eigenvalue weighted by molar-refractivity contribution is -0.149. The molecule has 2 aromatic rings. The number of carbonyl (C=O) groups excluding carboxylic acids is 3. The second-order valence-corrected chi connectivity index (χ2v) is 13.3. The molecule has 2 rings (SSSR count). The molecule has 0 saturated carbocycles. The van der Waals surface area contributed by atoms with E-state index in [0.29, 0.717) is 0 Å². The predicted molar refractivity (Wildman–Crippen MR) is 156 cm³/mol. The van der Waals surface area contributed by atoms with Crippen LogP contribution < -0.4 is 10.6 Å². The van der Waals surface area contributed by atoms with Crippen molar-refractivity contribution >= 4 is 17.9 Å². The third-order valence-electron chi connectivity index (χ3n) is 5.96. The van der Waals surface area contributed by atoms with Crippen LogP contribution in [0.2, 0.25) is 0 Å². The van der Waals surface area contributed by atoms with Crippen molar-refractivity contribution in [3.63, 3.8) is 0 Å². The summed E-state index contributed by atoms with van der Waals surface area (Å²) < 4.78 is 5.51. The maximum atomic E-state index is 14.5. The van der Waals surface area contributed by atoms with Gasteiger partial charge in [0.1, 0.15) is 17.7 Å². The van der Waals surface area contributed by atoms with Crippen LogP contribution in [-0.2, 0) is 20.7 Å². The Kier molecular flexibility index (Phi) is 9.99. The summed E-state index contributed by atoms with van der Waals surface area (Å²) in [7, 11) is 0. The first kappa shape index (κ1) is 31.9. The SMILES string of the molecule is Cc1ccc(C(C(=O)NC(C)(C)C)N(C(=O)C(Cc2ccccc2)NC(=O)OC(C)(C)C)C(C)(C)C)c(C)c1. The van der Waals surface area contributed by atoms with Gasteiger partial charge in [-0.3, -0.25) is 9.59 Å². The van der Waals surface area contributed by atoms with Gasteiger partial charge in [0.05, 0.1) is 0 Å². The highest BCUT2D eigenvalue weighted by molar-refractivity contribution is 5.93. The molecule has 0 fully saturated rings. The van der Waals surface area contributed by atoms with E-state index in [2.05, 4.69) is 10.6 Å². The standard InChI is InChI=1S/C32H47N3O4/c1-21-17-18-24(22(2)19-21)26(27(36)34-30(3,4)5)35(31(6,7)8)28(37)25(20-23-15-13-12-14-16-23)33-29(38)39-32(9,10)11/h12-19,25-26H,20H2,1-11H3,(H,33,38)(H,34,36). The fourth-order valence-corrected chi connectivity index (χ4v) is 4.48. The molecular weight excluding hydrogens is 490 g/mol. The van der Waals surface area contributed by atoms with Crippen LogP contribution in [0.3, 0.4) is 0 Å². The van der Waals surface area contributed by atoms with Crippen LogP contribution in [0.15, 0.2) is 48.5 Å². The summed E-state index contributed by atoms with van der Waals surface area (Å²) in [5.74, 6) is -0.653. The zero-order valence-electron chi connectivity index (χ0n) is 25.6. The number of rotatable bonds is 7. The molecule has 2 aromatic carbocycles. The van der Waals surface area contributed by atoms with Crippen molar-refractivity contribution < 1.29 is 19.1 Å². The molecule has 0 aliphatic heterocycles. The van der Waals surface area contributed by atoms with Gasteiger partial charge in [-0.2, -0.15) is 0 Å². The molecule has 0 aliphatic rings. The van der Waals surface area contributed by atoms with Crippen LogP contribution in [0.5, 0.6) is 0 Å². The van der Waals surface area contributed by atoms with Gasteiger partial charge in [-0.15, -0.1) is 0 Å². The molecule has 0 aromatic heterocycles. The minimum absolute atomic E-state index is 0.242. The number of ether oxygens (including phenoxy) is 1. The Bertz CT molecular complexity index is 1150. The Labute approximate surface area is 234 Å². The van der Waals surface area contributed by atoms with E-state index in [1.807, 2.05) is 104 Å². The van der Waals surface area contributed by atoms with E-state index in [1.54, 1.807) is 25.7 Å². The van der Waals surface area contributed by atoms with Crippen LogP contribution >= 0.6 is 0 Å². The van der Waals surface area contributed by atoms with Gasteiger partial charge in [-0.1, -0.05) is 54.1 Å². The Hall–Kier alpha value is -3.35. The summed E-state index contributed by atoms with van der Waals surface area (Å²) in [6.07, 6.45) is -0.445. The molecule has 0 spiro atoms.